The zero-order chi connectivity index (χ0) is 12.8. The summed E-state index contributed by atoms with van der Waals surface area (Å²) in [5, 5.41) is 0. The normalized spacial score (nSPS) is 21.4. The summed E-state index contributed by atoms with van der Waals surface area (Å²) in [5.74, 6) is 0.839. The molecule has 0 radical (unpaired) electrons. The quantitative estimate of drug-likeness (QED) is 0.689. The molecule has 2 rings (SSSR count). The van der Waals surface area contributed by atoms with E-state index in [1.54, 1.807) is 0 Å². The Bertz CT molecular complexity index is 469. The lowest BCUT2D eigenvalue weighted by molar-refractivity contribution is 0.0987. The number of rotatable bonds is 2. The summed E-state index contributed by atoms with van der Waals surface area (Å²) in [6.07, 6.45) is 1.78. The second-order valence-corrected chi connectivity index (χ2v) is 6.02. The highest BCUT2D eigenvalue weighted by Gasteiger charge is 2.35. The number of fused-ring (bicyclic) bond motifs is 1. The number of benzene rings is 1. The predicted molar refractivity (Wildman–Crippen MR) is 71.9 cm³/mol. The van der Waals surface area contributed by atoms with Gasteiger partial charge < -0.3 is 0 Å². The second-order valence-electron chi connectivity index (χ2n) is 6.02. The molecule has 1 aliphatic carbocycles. The van der Waals surface area contributed by atoms with Crippen LogP contribution in [0.4, 0.5) is 0 Å². The van der Waals surface area contributed by atoms with Crippen LogP contribution in [0, 0.1) is 6.92 Å². The van der Waals surface area contributed by atoms with E-state index in [1.165, 1.54) is 17.5 Å². The molecular weight excluding hydrogens is 208 g/mol. The molecule has 1 aliphatic rings. The van der Waals surface area contributed by atoms with Crippen molar-refractivity contribution in [1.29, 1.82) is 0 Å². The van der Waals surface area contributed by atoms with Crippen LogP contribution >= 0.6 is 0 Å². The molecule has 0 spiro atoms. The fourth-order valence-electron chi connectivity index (χ4n) is 3.19. The van der Waals surface area contributed by atoms with Crippen LogP contribution in [0.15, 0.2) is 12.1 Å². The first-order chi connectivity index (χ1) is 7.86. The highest BCUT2D eigenvalue weighted by atomic mass is 16.1. The van der Waals surface area contributed by atoms with Gasteiger partial charge >= 0.3 is 0 Å². The fraction of sp³-hybridized carbons (Fsp3) is 0.562. The topological polar surface area (TPSA) is 17.1 Å². The molecule has 0 aliphatic heterocycles. The molecule has 1 heteroatoms. The van der Waals surface area contributed by atoms with Gasteiger partial charge in [-0.2, -0.15) is 0 Å². The molecule has 0 amide bonds. The number of ketones is 1. The van der Waals surface area contributed by atoms with Gasteiger partial charge in [-0.1, -0.05) is 33.8 Å². The highest BCUT2D eigenvalue weighted by molar-refractivity contribution is 5.97. The van der Waals surface area contributed by atoms with Crippen LogP contribution in [-0.2, 0) is 5.41 Å². The summed E-state index contributed by atoms with van der Waals surface area (Å²) in [5.41, 5.74) is 5.15. The van der Waals surface area contributed by atoms with Crippen molar-refractivity contribution in [1.82, 2.24) is 0 Å². The van der Waals surface area contributed by atoms with Gasteiger partial charge in [-0.05, 0) is 47.4 Å². The third-order valence-corrected chi connectivity index (χ3v) is 4.09. The van der Waals surface area contributed by atoms with Crippen molar-refractivity contribution < 1.29 is 4.79 Å². The van der Waals surface area contributed by atoms with Crippen molar-refractivity contribution in [3.63, 3.8) is 0 Å². The number of Topliss-reactive ketones (excluding diaryl/α,β-unsaturated/α-hetero) is 1. The maximum atomic E-state index is 11.9. The SMILES string of the molecule is CCC(=O)c1cc2c(cc1C)C(C)(C)C[C@@H]2C. The summed E-state index contributed by atoms with van der Waals surface area (Å²) in [7, 11) is 0. The van der Waals surface area contributed by atoms with E-state index in [-0.39, 0.29) is 11.2 Å². The molecule has 92 valence electrons. The number of aryl methyl sites for hydroxylation is 1. The molecule has 0 saturated carbocycles. The zero-order valence-corrected chi connectivity index (χ0v) is 11.6. The Balaban J connectivity index is 2.59. The first-order valence-corrected chi connectivity index (χ1v) is 6.55. The van der Waals surface area contributed by atoms with Crippen molar-refractivity contribution in [3.8, 4) is 0 Å². The van der Waals surface area contributed by atoms with Crippen LogP contribution in [0.2, 0.25) is 0 Å². The molecule has 17 heavy (non-hydrogen) atoms. The third kappa shape index (κ3) is 1.92. The van der Waals surface area contributed by atoms with E-state index in [9.17, 15) is 4.79 Å². The Morgan fingerprint density at radius 2 is 2.06 bits per heavy atom. The molecule has 0 unspecified atom stereocenters. The average molecular weight is 230 g/mol. The molecule has 1 aromatic carbocycles. The molecule has 1 atom stereocenters. The van der Waals surface area contributed by atoms with E-state index < -0.39 is 0 Å². The molecule has 1 aromatic rings. The average Bonchev–Trinajstić information content (AvgIpc) is 2.47. The van der Waals surface area contributed by atoms with Gasteiger partial charge in [-0.15, -0.1) is 0 Å². The Morgan fingerprint density at radius 1 is 1.41 bits per heavy atom. The highest BCUT2D eigenvalue weighted by Crippen LogP contribution is 2.46. The van der Waals surface area contributed by atoms with Crippen molar-refractivity contribution >= 4 is 5.78 Å². The molecule has 0 aromatic heterocycles. The Hall–Kier alpha value is -1.11. The second kappa shape index (κ2) is 3.97. The van der Waals surface area contributed by atoms with Gasteiger partial charge in [-0.25, -0.2) is 0 Å². The van der Waals surface area contributed by atoms with Gasteiger partial charge in [-0.3, -0.25) is 4.79 Å². The van der Waals surface area contributed by atoms with Crippen molar-refractivity contribution in [2.45, 2.75) is 58.8 Å². The summed E-state index contributed by atoms with van der Waals surface area (Å²) >= 11 is 0. The monoisotopic (exact) mass is 230 g/mol. The molecule has 0 saturated heterocycles. The zero-order valence-electron chi connectivity index (χ0n) is 11.6. The minimum atomic E-state index is 0.257. The number of carbonyl (C=O) groups is 1. The van der Waals surface area contributed by atoms with Gasteiger partial charge in [0.25, 0.3) is 0 Å². The van der Waals surface area contributed by atoms with Crippen LogP contribution in [0.1, 0.15) is 73.5 Å². The Labute approximate surface area is 104 Å². The lowest BCUT2D eigenvalue weighted by Crippen LogP contribution is -2.13. The fourth-order valence-corrected chi connectivity index (χ4v) is 3.19. The summed E-state index contributed by atoms with van der Waals surface area (Å²) in [4.78, 5) is 11.9. The number of hydrogen-bond donors (Lipinski definition) is 0. The maximum absolute atomic E-state index is 11.9. The van der Waals surface area contributed by atoms with Crippen LogP contribution < -0.4 is 0 Å². The summed E-state index contributed by atoms with van der Waals surface area (Å²) < 4.78 is 0. The molecule has 0 bridgehead atoms. The van der Waals surface area contributed by atoms with Gasteiger partial charge in [0.1, 0.15) is 0 Å². The molecule has 1 nitrogen and oxygen atoms in total. The van der Waals surface area contributed by atoms with Gasteiger partial charge in [0.05, 0.1) is 0 Å². The molecule has 0 N–H and O–H groups in total. The van der Waals surface area contributed by atoms with Crippen LogP contribution in [0.5, 0.6) is 0 Å². The van der Waals surface area contributed by atoms with E-state index in [0.717, 1.165) is 11.1 Å². The molecule has 0 fully saturated rings. The predicted octanol–water partition coefficient (Wildman–Crippen LogP) is 4.37. The van der Waals surface area contributed by atoms with Gasteiger partial charge in [0.15, 0.2) is 5.78 Å². The van der Waals surface area contributed by atoms with E-state index >= 15 is 0 Å². The van der Waals surface area contributed by atoms with Crippen LogP contribution in [-0.4, -0.2) is 5.78 Å². The van der Waals surface area contributed by atoms with E-state index in [4.69, 9.17) is 0 Å². The number of carbonyl (C=O) groups excluding carboxylic acids is 1. The first kappa shape index (κ1) is 12.3. The Kier molecular flexibility index (Phi) is 2.89. The van der Waals surface area contributed by atoms with E-state index in [0.29, 0.717) is 12.3 Å². The number of hydrogen-bond acceptors (Lipinski definition) is 1. The smallest absolute Gasteiger partial charge is 0.162 e. The maximum Gasteiger partial charge on any atom is 0.162 e. The first-order valence-electron chi connectivity index (χ1n) is 6.55. The van der Waals surface area contributed by atoms with Crippen LogP contribution in [0.3, 0.4) is 0 Å². The lowest BCUT2D eigenvalue weighted by atomic mass is 9.84. The van der Waals surface area contributed by atoms with E-state index in [2.05, 4.69) is 39.8 Å². The molecular formula is C16H22O. The standard InChI is InChI=1S/C16H22O/c1-6-15(17)13-8-12-11(3)9-16(4,5)14(12)7-10(13)2/h7-8,11H,6,9H2,1-5H3/t11-/m0/s1. The largest absolute Gasteiger partial charge is 0.294 e. The third-order valence-electron chi connectivity index (χ3n) is 4.09. The molecule has 0 heterocycles. The van der Waals surface area contributed by atoms with Crippen molar-refractivity contribution in [3.05, 3.63) is 34.4 Å². The van der Waals surface area contributed by atoms with Crippen LogP contribution in [0.25, 0.3) is 0 Å². The van der Waals surface area contributed by atoms with Gasteiger partial charge in [0.2, 0.25) is 0 Å². The van der Waals surface area contributed by atoms with Crippen molar-refractivity contribution in [2.24, 2.45) is 0 Å². The Morgan fingerprint density at radius 3 is 2.65 bits per heavy atom. The van der Waals surface area contributed by atoms with Gasteiger partial charge in [0, 0.05) is 12.0 Å². The minimum Gasteiger partial charge on any atom is -0.294 e. The summed E-state index contributed by atoms with van der Waals surface area (Å²) in [6.45, 7) is 10.9. The van der Waals surface area contributed by atoms with Crippen molar-refractivity contribution in [2.75, 3.05) is 0 Å². The minimum absolute atomic E-state index is 0.257. The summed E-state index contributed by atoms with van der Waals surface area (Å²) in [6, 6.07) is 4.39. The lowest BCUT2D eigenvalue weighted by Gasteiger charge is -2.20. The van der Waals surface area contributed by atoms with E-state index in [1.807, 2.05) is 6.92 Å².